The highest BCUT2D eigenvalue weighted by Crippen LogP contribution is 2.22. The second-order valence-electron chi connectivity index (χ2n) is 2.84. The van der Waals surface area contributed by atoms with Crippen molar-refractivity contribution in [2.45, 2.75) is 6.10 Å². The number of halogens is 2. The maximum absolute atomic E-state index is 13.1. The molecule has 1 atom stereocenters. The third kappa shape index (κ3) is 2.32. The Balaban J connectivity index is 2.01. The molecule has 2 rings (SSSR count). The molecule has 0 aliphatic carbocycles. The Bertz CT molecular complexity index is 312. The van der Waals surface area contributed by atoms with Crippen LogP contribution in [0.15, 0.2) is 18.2 Å². The van der Waals surface area contributed by atoms with Crippen molar-refractivity contribution >= 4 is 11.6 Å². The zero-order chi connectivity index (χ0) is 9.26. The standard InChI is InChI=1S/C9H8ClFO2/c10-6-1-2-9(8(11)3-6)13-5-7-4-12-7/h1-3,7H,4-5H2/t7-/m1/s1. The van der Waals surface area contributed by atoms with E-state index in [0.717, 1.165) is 0 Å². The number of hydrogen-bond donors (Lipinski definition) is 0. The first kappa shape index (κ1) is 8.78. The van der Waals surface area contributed by atoms with Gasteiger partial charge in [0.05, 0.1) is 6.61 Å². The van der Waals surface area contributed by atoms with Gasteiger partial charge in [-0.1, -0.05) is 11.6 Å². The Labute approximate surface area is 80.2 Å². The van der Waals surface area contributed by atoms with Gasteiger partial charge in [0.15, 0.2) is 11.6 Å². The van der Waals surface area contributed by atoms with Gasteiger partial charge in [0.1, 0.15) is 12.7 Å². The molecule has 0 N–H and O–H groups in total. The normalized spacial score (nSPS) is 20.0. The predicted octanol–water partition coefficient (Wildman–Crippen LogP) is 2.26. The molecule has 2 nitrogen and oxygen atoms in total. The van der Waals surface area contributed by atoms with Crippen LogP contribution < -0.4 is 4.74 Å². The van der Waals surface area contributed by atoms with Crippen LogP contribution in [0, 0.1) is 5.82 Å². The third-order valence-electron chi connectivity index (χ3n) is 1.72. The van der Waals surface area contributed by atoms with Gasteiger partial charge in [-0.2, -0.15) is 0 Å². The van der Waals surface area contributed by atoms with Crippen LogP contribution in [0.5, 0.6) is 5.75 Å². The van der Waals surface area contributed by atoms with Gasteiger partial charge in [-0.15, -0.1) is 0 Å². The van der Waals surface area contributed by atoms with Gasteiger partial charge in [0, 0.05) is 5.02 Å². The van der Waals surface area contributed by atoms with Crippen molar-refractivity contribution < 1.29 is 13.9 Å². The topological polar surface area (TPSA) is 21.8 Å². The van der Waals surface area contributed by atoms with Crippen LogP contribution in [-0.2, 0) is 4.74 Å². The molecule has 0 saturated carbocycles. The van der Waals surface area contributed by atoms with E-state index in [1.54, 1.807) is 6.07 Å². The van der Waals surface area contributed by atoms with Gasteiger partial charge in [0.2, 0.25) is 0 Å². The first-order valence-electron chi connectivity index (χ1n) is 3.95. The minimum absolute atomic E-state index is 0.134. The van der Waals surface area contributed by atoms with E-state index in [0.29, 0.717) is 18.2 Å². The Morgan fingerprint density at radius 2 is 2.38 bits per heavy atom. The average molecular weight is 203 g/mol. The number of epoxide rings is 1. The zero-order valence-electron chi connectivity index (χ0n) is 6.80. The quantitative estimate of drug-likeness (QED) is 0.702. The van der Waals surface area contributed by atoms with Crippen LogP contribution in [0.4, 0.5) is 4.39 Å². The van der Waals surface area contributed by atoms with Crippen LogP contribution in [0.1, 0.15) is 0 Å². The number of ether oxygens (including phenoxy) is 2. The highest BCUT2D eigenvalue weighted by Gasteiger charge is 2.23. The summed E-state index contributed by atoms with van der Waals surface area (Å²) in [6, 6.07) is 4.33. The molecule has 1 saturated heterocycles. The van der Waals surface area contributed by atoms with E-state index in [2.05, 4.69) is 0 Å². The molecule has 1 aliphatic rings. The van der Waals surface area contributed by atoms with Crippen LogP contribution in [0.25, 0.3) is 0 Å². The van der Waals surface area contributed by atoms with Gasteiger partial charge in [-0.05, 0) is 18.2 Å². The van der Waals surface area contributed by atoms with Gasteiger partial charge in [0.25, 0.3) is 0 Å². The Hall–Kier alpha value is -0.800. The molecule has 0 bridgehead atoms. The third-order valence-corrected chi connectivity index (χ3v) is 1.96. The van der Waals surface area contributed by atoms with Crippen molar-refractivity contribution in [3.8, 4) is 5.75 Å². The van der Waals surface area contributed by atoms with Crippen LogP contribution in [0.3, 0.4) is 0 Å². The summed E-state index contributed by atoms with van der Waals surface area (Å²) in [4.78, 5) is 0. The summed E-state index contributed by atoms with van der Waals surface area (Å²) >= 11 is 5.57. The summed E-state index contributed by atoms with van der Waals surface area (Å²) in [6.07, 6.45) is 0.134. The van der Waals surface area contributed by atoms with Crippen molar-refractivity contribution in [2.24, 2.45) is 0 Å². The second-order valence-corrected chi connectivity index (χ2v) is 3.28. The van der Waals surface area contributed by atoms with Crippen molar-refractivity contribution in [2.75, 3.05) is 13.2 Å². The Kier molecular flexibility index (Phi) is 2.38. The van der Waals surface area contributed by atoms with Gasteiger partial charge >= 0.3 is 0 Å². The molecule has 13 heavy (non-hydrogen) atoms. The molecule has 1 fully saturated rings. The second kappa shape index (κ2) is 3.52. The van der Waals surface area contributed by atoms with E-state index in [9.17, 15) is 4.39 Å². The summed E-state index contributed by atoms with van der Waals surface area (Å²) in [6.45, 7) is 1.10. The van der Waals surface area contributed by atoms with E-state index in [1.807, 2.05) is 0 Å². The maximum atomic E-state index is 13.1. The number of rotatable bonds is 3. The summed E-state index contributed by atoms with van der Waals surface area (Å²) in [5.41, 5.74) is 0. The molecular formula is C9H8ClFO2. The summed E-state index contributed by atoms with van der Waals surface area (Å²) in [5.74, 6) is -0.215. The first-order chi connectivity index (χ1) is 6.25. The molecule has 0 amide bonds. The molecule has 1 aromatic rings. The van der Waals surface area contributed by atoms with Crippen LogP contribution in [0.2, 0.25) is 5.02 Å². The van der Waals surface area contributed by atoms with Crippen molar-refractivity contribution in [3.63, 3.8) is 0 Å². The monoisotopic (exact) mass is 202 g/mol. The molecule has 1 heterocycles. The van der Waals surface area contributed by atoms with Crippen molar-refractivity contribution in [1.29, 1.82) is 0 Å². The molecule has 0 spiro atoms. The lowest BCUT2D eigenvalue weighted by atomic mass is 10.3. The molecule has 70 valence electrons. The van der Waals surface area contributed by atoms with E-state index in [-0.39, 0.29) is 11.9 Å². The Morgan fingerprint density at radius 3 is 3.00 bits per heavy atom. The van der Waals surface area contributed by atoms with Crippen LogP contribution >= 0.6 is 11.6 Å². The predicted molar refractivity (Wildman–Crippen MR) is 46.6 cm³/mol. The first-order valence-corrected chi connectivity index (χ1v) is 4.33. The lowest BCUT2D eigenvalue weighted by molar-refractivity contribution is 0.254. The molecule has 0 unspecified atom stereocenters. The number of benzene rings is 1. The van der Waals surface area contributed by atoms with Crippen molar-refractivity contribution in [1.82, 2.24) is 0 Å². The van der Waals surface area contributed by atoms with E-state index in [1.165, 1.54) is 12.1 Å². The largest absolute Gasteiger partial charge is 0.488 e. The summed E-state index contributed by atoms with van der Waals surface area (Å²) < 4.78 is 23.1. The maximum Gasteiger partial charge on any atom is 0.166 e. The lowest BCUT2D eigenvalue weighted by Gasteiger charge is -2.04. The summed E-state index contributed by atoms with van der Waals surface area (Å²) in [5, 5.41) is 0.368. The molecular weight excluding hydrogens is 195 g/mol. The van der Waals surface area contributed by atoms with Gasteiger partial charge < -0.3 is 9.47 Å². The molecule has 0 radical (unpaired) electrons. The molecule has 4 heteroatoms. The average Bonchev–Trinajstić information content (AvgIpc) is 2.86. The fourth-order valence-corrected chi connectivity index (χ4v) is 1.10. The SMILES string of the molecule is Fc1cc(Cl)ccc1OC[C@H]1CO1. The smallest absolute Gasteiger partial charge is 0.166 e. The minimum atomic E-state index is -0.437. The van der Waals surface area contributed by atoms with E-state index < -0.39 is 5.82 Å². The van der Waals surface area contributed by atoms with E-state index in [4.69, 9.17) is 21.1 Å². The lowest BCUT2D eigenvalue weighted by Crippen LogP contribution is -2.05. The molecule has 1 aliphatic heterocycles. The van der Waals surface area contributed by atoms with Crippen LogP contribution in [-0.4, -0.2) is 19.3 Å². The van der Waals surface area contributed by atoms with Crippen molar-refractivity contribution in [3.05, 3.63) is 29.0 Å². The molecule has 1 aromatic carbocycles. The highest BCUT2D eigenvalue weighted by molar-refractivity contribution is 6.30. The highest BCUT2D eigenvalue weighted by atomic mass is 35.5. The number of hydrogen-bond acceptors (Lipinski definition) is 2. The summed E-state index contributed by atoms with van der Waals surface area (Å²) in [7, 11) is 0. The van der Waals surface area contributed by atoms with Gasteiger partial charge in [-0.3, -0.25) is 0 Å². The fraction of sp³-hybridized carbons (Fsp3) is 0.333. The zero-order valence-corrected chi connectivity index (χ0v) is 7.55. The minimum Gasteiger partial charge on any atom is -0.488 e. The Morgan fingerprint density at radius 1 is 1.62 bits per heavy atom. The van der Waals surface area contributed by atoms with Gasteiger partial charge in [-0.25, -0.2) is 4.39 Å². The molecule has 0 aromatic heterocycles. The van der Waals surface area contributed by atoms with E-state index >= 15 is 0 Å². The fourth-order valence-electron chi connectivity index (χ4n) is 0.939.